The summed E-state index contributed by atoms with van der Waals surface area (Å²) in [5.41, 5.74) is 3.03. The van der Waals surface area contributed by atoms with Crippen LogP contribution in [0.4, 0.5) is 0 Å². The lowest BCUT2D eigenvalue weighted by molar-refractivity contribution is 0.202. The first-order valence-corrected chi connectivity index (χ1v) is 6.54. The van der Waals surface area contributed by atoms with Crippen LogP contribution >= 0.6 is 11.3 Å². The number of rotatable bonds is 3. The minimum absolute atomic E-state index is 0.463. The predicted octanol–water partition coefficient (Wildman–Crippen LogP) is 3.13. The number of aromatic nitrogens is 2. The molecule has 0 saturated heterocycles. The molecule has 2 aromatic rings. The third kappa shape index (κ3) is 2.37. The Kier molecular flexibility index (Phi) is 3.54. The molecule has 17 heavy (non-hydrogen) atoms. The summed E-state index contributed by atoms with van der Waals surface area (Å²) in [6, 6.07) is 4.01. The number of aliphatic hydroxyl groups is 1. The Balaban J connectivity index is 2.50. The molecule has 0 radical (unpaired) electrons. The van der Waals surface area contributed by atoms with Gasteiger partial charge in [0, 0.05) is 6.20 Å². The van der Waals surface area contributed by atoms with E-state index in [-0.39, 0.29) is 0 Å². The molecule has 0 spiro atoms. The normalized spacial score (nSPS) is 12.7. The van der Waals surface area contributed by atoms with Gasteiger partial charge in [-0.2, -0.15) is 0 Å². The number of aryl methyl sites for hydroxylation is 2. The van der Waals surface area contributed by atoms with Crippen LogP contribution < -0.4 is 0 Å². The first kappa shape index (κ1) is 12.2. The third-order valence-corrected chi connectivity index (χ3v) is 4.02. The van der Waals surface area contributed by atoms with E-state index in [0.717, 1.165) is 27.7 Å². The zero-order valence-corrected chi connectivity index (χ0v) is 11.1. The molecule has 0 aliphatic heterocycles. The standard InChI is InChI=1S/C13H16N2OS/c1-4-10-6-5-7-14-11(10)13-15-8(2)12(17-13)9(3)16/h5-7,9,16H,4H2,1-3H3. The van der Waals surface area contributed by atoms with Gasteiger partial charge in [-0.05, 0) is 31.9 Å². The average molecular weight is 248 g/mol. The Labute approximate surface area is 105 Å². The quantitative estimate of drug-likeness (QED) is 0.907. The molecule has 0 saturated carbocycles. The van der Waals surface area contributed by atoms with Crippen molar-refractivity contribution in [2.24, 2.45) is 0 Å². The van der Waals surface area contributed by atoms with E-state index in [1.165, 1.54) is 16.9 Å². The Morgan fingerprint density at radius 3 is 2.82 bits per heavy atom. The molecule has 0 bridgehead atoms. The highest BCUT2D eigenvalue weighted by molar-refractivity contribution is 7.15. The van der Waals surface area contributed by atoms with Crippen molar-refractivity contribution in [1.29, 1.82) is 0 Å². The zero-order valence-electron chi connectivity index (χ0n) is 10.3. The largest absolute Gasteiger partial charge is 0.388 e. The molecular formula is C13H16N2OS. The molecule has 90 valence electrons. The van der Waals surface area contributed by atoms with Gasteiger partial charge >= 0.3 is 0 Å². The van der Waals surface area contributed by atoms with Gasteiger partial charge in [-0.3, -0.25) is 4.98 Å². The maximum Gasteiger partial charge on any atom is 0.142 e. The van der Waals surface area contributed by atoms with Crippen molar-refractivity contribution in [2.45, 2.75) is 33.3 Å². The van der Waals surface area contributed by atoms with E-state index in [2.05, 4.69) is 23.0 Å². The smallest absolute Gasteiger partial charge is 0.142 e. The number of aliphatic hydroxyl groups excluding tert-OH is 1. The Morgan fingerprint density at radius 1 is 1.47 bits per heavy atom. The maximum absolute atomic E-state index is 9.64. The summed E-state index contributed by atoms with van der Waals surface area (Å²) in [6.07, 6.45) is 2.26. The fraction of sp³-hybridized carbons (Fsp3) is 0.385. The summed E-state index contributed by atoms with van der Waals surface area (Å²) < 4.78 is 0. The molecule has 2 rings (SSSR count). The summed E-state index contributed by atoms with van der Waals surface area (Å²) in [4.78, 5) is 9.83. The van der Waals surface area contributed by atoms with E-state index >= 15 is 0 Å². The van der Waals surface area contributed by atoms with Gasteiger partial charge < -0.3 is 5.11 Å². The number of thiazole rings is 1. The van der Waals surface area contributed by atoms with Gasteiger partial charge in [0.15, 0.2) is 0 Å². The summed E-state index contributed by atoms with van der Waals surface area (Å²) in [5, 5.41) is 10.5. The lowest BCUT2D eigenvalue weighted by Crippen LogP contribution is -1.90. The molecule has 2 aromatic heterocycles. The van der Waals surface area contributed by atoms with Gasteiger partial charge in [0.05, 0.1) is 16.7 Å². The molecule has 3 nitrogen and oxygen atoms in total. The Bertz CT molecular complexity index is 520. The monoisotopic (exact) mass is 248 g/mol. The van der Waals surface area contributed by atoms with Crippen LogP contribution in [0.2, 0.25) is 0 Å². The van der Waals surface area contributed by atoms with Gasteiger partial charge in [0.2, 0.25) is 0 Å². The number of hydrogen-bond acceptors (Lipinski definition) is 4. The Morgan fingerprint density at radius 2 is 2.24 bits per heavy atom. The highest BCUT2D eigenvalue weighted by Crippen LogP contribution is 2.32. The fourth-order valence-electron chi connectivity index (χ4n) is 1.81. The average Bonchev–Trinajstić information content (AvgIpc) is 2.71. The molecule has 2 heterocycles. The van der Waals surface area contributed by atoms with Crippen LogP contribution in [0.1, 0.15) is 36.1 Å². The van der Waals surface area contributed by atoms with Crippen molar-refractivity contribution in [3.05, 3.63) is 34.5 Å². The van der Waals surface area contributed by atoms with Crippen molar-refractivity contribution in [1.82, 2.24) is 9.97 Å². The molecular weight excluding hydrogens is 232 g/mol. The van der Waals surface area contributed by atoms with E-state index in [9.17, 15) is 5.11 Å². The summed E-state index contributed by atoms with van der Waals surface area (Å²) in [6.45, 7) is 5.80. The summed E-state index contributed by atoms with van der Waals surface area (Å²) >= 11 is 1.53. The lowest BCUT2D eigenvalue weighted by atomic mass is 10.1. The van der Waals surface area contributed by atoms with Crippen molar-refractivity contribution in [3.8, 4) is 10.7 Å². The Hall–Kier alpha value is -1.26. The minimum atomic E-state index is -0.463. The minimum Gasteiger partial charge on any atom is -0.388 e. The van der Waals surface area contributed by atoms with Gasteiger partial charge in [-0.1, -0.05) is 13.0 Å². The van der Waals surface area contributed by atoms with Crippen molar-refractivity contribution >= 4 is 11.3 Å². The van der Waals surface area contributed by atoms with Gasteiger partial charge in [-0.15, -0.1) is 11.3 Å². The highest BCUT2D eigenvalue weighted by atomic mass is 32.1. The SMILES string of the molecule is CCc1cccnc1-c1nc(C)c(C(C)O)s1. The molecule has 1 N–H and O–H groups in total. The second-order valence-corrected chi connectivity index (χ2v) is 5.04. The van der Waals surface area contributed by atoms with Crippen LogP contribution in [0, 0.1) is 6.92 Å². The van der Waals surface area contributed by atoms with E-state index in [4.69, 9.17) is 0 Å². The molecule has 0 amide bonds. The number of hydrogen-bond donors (Lipinski definition) is 1. The van der Waals surface area contributed by atoms with Gasteiger partial charge in [-0.25, -0.2) is 4.98 Å². The maximum atomic E-state index is 9.64. The lowest BCUT2D eigenvalue weighted by Gasteiger charge is -2.02. The highest BCUT2D eigenvalue weighted by Gasteiger charge is 2.15. The van der Waals surface area contributed by atoms with Crippen LogP contribution in [0.3, 0.4) is 0 Å². The molecule has 0 aliphatic carbocycles. The van der Waals surface area contributed by atoms with Gasteiger partial charge in [0.1, 0.15) is 10.7 Å². The molecule has 4 heteroatoms. The first-order valence-electron chi connectivity index (χ1n) is 5.73. The molecule has 0 aromatic carbocycles. The van der Waals surface area contributed by atoms with Crippen molar-refractivity contribution < 1.29 is 5.11 Å². The van der Waals surface area contributed by atoms with E-state index in [1.807, 2.05) is 13.0 Å². The predicted molar refractivity (Wildman–Crippen MR) is 70.1 cm³/mol. The van der Waals surface area contributed by atoms with Crippen LogP contribution in [0.5, 0.6) is 0 Å². The van der Waals surface area contributed by atoms with Crippen LogP contribution in [0.25, 0.3) is 10.7 Å². The topological polar surface area (TPSA) is 46.0 Å². The first-order chi connectivity index (χ1) is 8.13. The van der Waals surface area contributed by atoms with Crippen LogP contribution in [0.15, 0.2) is 18.3 Å². The van der Waals surface area contributed by atoms with Gasteiger partial charge in [0.25, 0.3) is 0 Å². The fourth-order valence-corrected chi connectivity index (χ4v) is 2.85. The van der Waals surface area contributed by atoms with E-state index < -0.39 is 6.10 Å². The third-order valence-electron chi connectivity index (χ3n) is 2.69. The van der Waals surface area contributed by atoms with Crippen molar-refractivity contribution in [3.63, 3.8) is 0 Å². The molecule has 0 aliphatic rings. The van der Waals surface area contributed by atoms with E-state index in [0.29, 0.717) is 0 Å². The molecule has 1 unspecified atom stereocenters. The van der Waals surface area contributed by atoms with Crippen LogP contribution in [-0.2, 0) is 6.42 Å². The summed E-state index contributed by atoms with van der Waals surface area (Å²) in [5.74, 6) is 0. The van der Waals surface area contributed by atoms with Crippen LogP contribution in [-0.4, -0.2) is 15.1 Å². The van der Waals surface area contributed by atoms with E-state index in [1.54, 1.807) is 13.1 Å². The summed E-state index contributed by atoms with van der Waals surface area (Å²) in [7, 11) is 0. The van der Waals surface area contributed by atoms with Crippen molar-refractivity contribution in [2.75, 3.05) is 0 Å². The second kappa shape index (κ2) is 4.94. The number of nitrogens with zero attached hydrogens (tertiary/aromatic N) is 2. The molecule has 1 atom stereocenters. The molecule has 0 fully saturated rings. The second-order valence-electron chi connectivity index (χ2n) is 4.01. The zero-order chi connectivity index (χ0) is 12.4. The number of pyridine rings is 1.